The van der Waals surface area contributed by atoms with Gasteiger partial charge < -0.3 is 9.47 Å². The van der Waals surface area contributed by atoms with Crippen molar-refractivity contribution in [3.8, 4) is 11.5 Å². The molecule has 0 radical (unpaired) electrons. The Labute approximate surface area is 119 Å². The molecule has 0 unspecified atom stereocenters. The Bertz CT molecular complexity index is 603. The quantitative estimate of drug-likeness (QED) is 0.825. The van der Waals surface area contributed by atoms with E-state index in [9.17, 15) is 4.39 Å². The first-order chi connectivity index (χ1) is 9.52. The van der Waals surface area contributed by atoms with Gasteiger partial charge in [-0.25, -0.2) is 4.39 Å². The summed E-state index contributed by atoms with van der Waals surface area (Å²) in [7, 11) is 1.65. The Morgan fingerprint density at radius 1 is 1.00 bits per heavy atom. The third kappa shape index (κ3) is 2.93. The lowest BCUT2D eigenvalue weighted by molar-refractivity contribution is 0.298. The average molecular weight is 274 g/mol. The zero-order valence-corrected chi connectivity index (χ0v) is 12.3. The Balaban J connectivity index is 2.24. The molecule has 0 bridgehead atoms. The Hall–Kier alpha value is -2.03. The summed E-state index contributed by atoms with van der Waals surface area (Å²) in [6, 6.07) is 8.35. The smallest absolute Gasteiger partial charge is 0.129 e. The van der Waals surface area contributed by atoms with Crippen LogP contribution >= 0.6 is 0 Å². The molecule has 0 aliphatic heterocycles. The van der Waals surface area contributed by atoms with Crippen molar-refractivity contribution >= 4 is 0 Å². The van der Waals surface area contributed by atoms with Crippen molar-refractivity contribution in [2.45, 2.75) is 27.4 Å². The molecule has 0 aromatic heterocycles. The van der Waals surface area contributed by atoms with Gasteiger partial charge in [-0.15, -0.1) is 0 Å². The van der Waals surface area contributed by atoms with Gasteiger partial charge in [0.05, 0.1) is 7.11 Å². The highest BCUT2D eigenvalue weighted by Crippen LogP contribution is 2.34. The van der Waals surface area contributed by atoms with Crippen LogP contribution < -0.4 is 9.47 Å². The lowest BCUT2D eigenvalue weighted by Crippen LogP contribution is -2.02. The fourth-order valence-corrected chi connectivity index (χ4v) is 2.15. The van der Waals surface area contributed by atoms with Gasteiger partial charge in [0, 0.05) is 5.56 Å². The lowest BCUT2D eigenvalue weighted by Gasteiger charge is -2.17. The molecule has 2 aromatic carbocycles. The van der Waals surface area contributed by atoms with Crippen LogP contribution in [0.4, 0.5) is 4.39 Å². The molecule has 0 saturated carbocycles. The van der Waals surface area contributed by atoms with E-state index in [1.165, 1.54) is 12.1 Å². The van der Waals surface area contributed by atoms with Gasteiger partial charge in [0.2, 0.25) is 0 Å². The Morgan fingerprint density at radius 2 is 1.65 bits per heavy atom. The number of halogens is 1. The molecule has 2 nitrogen and oxygen atoms in total. The number of hydrogen-bond donors (Lipinski definition) is 0. The molecule has 0 saturated heterocycles. The minimum absolute atomic E-state index is 0.238. The second-order valence-corrected chi connectivity index (χ2v) is 4.89. The third-order valence-corrected chi connectivity index (χ3v) is 3.51. The van der Waals surface area contributed by atoms with Crippen LogP contribution in [0.15, 0.2) is 30.3 Å². The molecule has 0 atom stereocenters. The van der Waals surface area contributed by atoms with E-state index in [0.717, 1.165) is 33.8 Å². The van der Waals surface area contributed by atoms with Gasteiger partial charge in [0.25, 0.3) is 0 Å². The van der Waals surface area contributed by atoms with Crippen molar-refractivity contribution in [2.24, 2.45) is 0 Å². The summed E-state index contributed by atoms with van der Waals surface area (Å²) in [5, 5.41) is 0. The maximum atomic E-state index is 12.9. The van der Waals surface area contributed by atoms with Crippen molar-refractivity contribution < 1.29 is 13.9 Å². The summed E-state index contributed by atoms with van der Waals surface area (Å²) in [5.41, 5.74) is 4.15. The highest BCUT2D eigenvalue weighted by atomic mass is 19.1. The minimum atomic E-state index is -0.238. The number of ether oxygens (including phenoxy) is 2. The largest absolute Gasteiger partial charge is 0.496 e. The molecule has 0 aliphatic rings. The van der Waals surface area contributed by atoms with E-state index >= 15 is 0 Å². The zero-order chi connectivity index (χ0) is 14.7. The Kier molecular flexibility index (Phi) is 4.28. The molecule has 0 N–H and O–H groups in total. The molecule has 2 aromatic rings. The van der Waals surface area contributed by atoms with Crippen molar-refractivity contribution in [3.63, 3.8) is 0 Å². The monoisotopic (exact) mass is 274 g/mol. The minimum Gasteiger partial charge on any atom is -0.496 e. The van der Waals surface area contributed by atoms with Gasteiger partial charge in [0.15, 0.2) is 0 Å². The number of aryl methyl sites for hydroxylation is 1. The first-order valence-electron chi connectivity index (χ1n) is 6.55. The first-order valence-corrected chi connectivity index (χ1v) is 6.55. The lowest BCUT2D eigenvalue weighted by atomic mass is 10.0. The second kappa shape index (κ2) is 5.95. The third-order valence-electron chi connectivity index (χ3n) is 3.51. The van der Waals surface area contributed by atoms with Gasteiger partial charge in [-0.1, -0.05) is 12.1 Å². The van der Waals surface area contributed by atoms with Crippen LogP contribution in [-0.4, -0.2) is 7.11 Å². The van der Waals surface area contributed by atoms with Crippen LogP contribution in [0.3, 0.4) is 0 Å². The maximum absolute atomic E-state index is 12.9. The van der Waals surface area contributed by atoms with Crippen LogP contribution in [-0.2, 0) is 6.61 Å². The predicted octanol–water partition coefficient (Wildman–Crippen LogP) is 4.34. The maximum Gasteiger partial charge on any atom is 0.129 e. The number of rotatable bonds is 4. The topological polar surface area (TPSA) is 18.5 Å². The molecule has 106 valence electrons. The summed E-state index contributed by atoms with van der Waals surface area (Å²) >= 11 is 0. The van der Waals surface area contributed by atoms with Gasteiger partial charge in [-0.3, -0.25) is 0 Å². The highest BCUT2D eigenvalue weighted by molar-refractivity contribution is 5.52. The second-order valence-electron chi connectivity index (χ2n) is 4.89. The summed E-state index contributed by atoms with van der Waals surface area (Å²) in [6.07, 6.45) is 0. The fraction of sp³-hybridized carbons (Fsp3) is 0.294. The van der Waals surface area contributed by atoms with Crippen LogP contribution in [0.2, 0.25) is 0 Å². The van der Waals surface area contributed by atoms with Crippen molar-refractivity contribution in [1.82, 2.24) is 0 Å². The SMILES string of the molecule is COc1cc(C)c(C)c(OCc2ccc(F)cc2)c1C. The van der Waals surface area contributed by atoms with Crippen LogP contribution in [0.1, 0.15) is 22.3 Å². The highest BCUT2D eigenvalue weighted by Gasteiger charge is 2.12. The van der Waals surface area contributed by atoms with Gasteiger partial charge in [0.1, 0.15) is 23.9 Å². The standard InChI is InChI=1S/C17H19FO2/c1-11-9-16(19-4)13(3)17(12(11)2)20-10-14-5-7-15(18)8-6-14/h5-9H,10H2,1-4H3. The molecule has 0 amide bonds. The molecule has 0 heterocycles. The summed E-state index contributed by atoms with van der Waals surface area (Å²) in [4.78, 5) is 0. The first kappa shape index (κ1) is 14.4. The number of benzene rings is 2. The van der Waals surface area contributed by atoms with Crippen LogP contribution in [0.5, 0.6) is 11.5 Å². The molecule has 2 rings (SSSR count). The van der Waals surface area contributed by atoms with Crippen LogP contribution in [0, 0.1) is 26.6 Å². The predicted molar refractivity (Wildman–Crippen MR) is 77.9 cm³/mol. The molecule has 20 heavy (non-hydrogen) atoms. The van der Waals surface area contributed by atoms with E-state index in [1.54, 1.807) is 19.2 Å². The fourth-order valence-electron chi connectivity index (χ4n) is 2.15. The van der Waals surface area contributed by atoms with E-state index in [1.807, 2.05) is 26.8 Å². The molecule has 0 fully saturated rings. The van der Waals surface area contributed by atoms with Gasteiger partial charge in [-0.05, 0) is 55.7 Å². The van der Waals surface area contributed by atoms with Gasteiger partial charge >= 0.3 is 0 Å². The molecule has 0 spiro atoms. The molecule has 0 aliphatic carbocycles. The van der Waals surface area contributed by atoms with E-state index in [2.05, 4.69) is 0 Å². The van der Waals surface area contributed by atoms with Crippen molar-refractivity contribution in [2.75, 3.05) is 7.11 Å². The van der Waals surface area contributed by atoms with E-state index in [-0.39, 0.29) is 5.82 Å². The Morgan fingerprint density at radius 3 is 2.25 bits per heavy atom. The van der Waals surface area contributed by atoms with E-state index in [4.69, 9.17) is 9.47 Å². The summed E-state index contributed by atoms with van der Waals surface area (Å²) < 4.78 is 24.1. The van der Waals surface area contributed by atoms with E-state index < -0.39 is 0 Å². The van der Waals surface area contributed by atoms with Gasteiger partial charge in [-0.2, -0.15) is 0 Å². The average Bonchev–Trinajstić information content (AvgIpc) is 2.44. The zero-order valence-electron chi connectivity index (χ0n) is 12.3. The normalized spacial score (nSPS) is 10.4. The van der Waals surface area contributed by atoms with Crippen molar-refractivity contribution in [3.05, 3.63) is 58.4 Å². The molecular formula is C17H19FO2. The van der Waals surface area contributed by atoms with E-state index in [0.29, 0.717) is 6.61 Å². The van der Waals surface area contributed by atoms with Crippen LogP contribution in [0.25, 0.3) is 0 Å². The summed E-state index contributed by atoms with van der Waals surface area (Å²) in [6.45, 7) is 6.45. The number of hydrogen-bond acceptors (Lipinski definition) is 2. The summed E-state index contributed by atoms with van der Waals surface area (Å²) in [5.74, 6) is 1.42. The molecule has 3 heteroatoms. The number of methoxy groups -OCH3 is 1. The molecular weight excluding hydrogens is 255 g/mol. The van der Waals surface area contributed by atoms with Crippen molar-refractivity contribution in [1.29, 1.82) is 0 Å².